The molecule has 1 fully saturated rings. The Balaban J connectivity index is 1.43. The number of hydrogen-bond donors (Lipinski definition) is 1. The highest BCUT2D eigenvalue weighted by molar-refractivity contribution is 7.13. The normalized spacial score (nSPS) is 16.1. The molecular weight excluding hydrogens is 372 g/mol. The van der Waals surface area contributed by atoms with E-state index in [1.54, 1.807) is 5.38 Å². The maximum Gasteiger partial charge on any atom is 0.270 e. The first-order chi connectivity index (χ1) is 13.8. The number of benzene rings is 2. The van der Waals surface area contributed by atoms with Crippen molar-refractivity contribution in [2.45, 2.75) is 25.6 Å². The topological polar surface area (TPSA) is 60.5 Å². The highest BCUT2D eigenvalue weighted by Gasteiger charge is 2.19. The van der Waals surface area contributed by atoms with Gasteiger partial charge in [0.2, 0.25) is 0 Å². The quantitative estimate of drug-likeness (QED) is 0.649. The molecule has 1 amide bonds. The lowest BCUT2D eigenvalue weighted by Gasteiger charge is -2.10. The van der Waals surface area contributed by atoms with Gasteiger partial charge in [0.1, 0.15) is 23.1 Å². The van der Waals surface area contributed by atoms with E-state index in [1.807, 2.05) is 54.6 Å². The van der Waals surface area contributed by atoms with Crippen LogP contribution in [0.2, 0.25) is 0 Å². The Labute approximate surface area is 168 Å². The number of thiazole rings is 1. The molecule has 144 valence electrons. The van der Waals surface area contributed by atoms with Crippen LogP contribution in [0.15, 0.2) is 60.0 Å². The molecule has 0 spiro atoms. The number of nitrogens with one attached hydrogen (secondary N) is 1. The van der Waals surface area contributed by atoms with Crippen LogP contribution in [0.3, 0.4) is 0 Å². The molecule has 1 aliphatic rings. The molecule has 0 aliphatic carbocycles. The lowest BCUT2D eigenvalue weighted by atomic mass is 10.2. The van der Waals surface area contributed by atoms with Gasteiger partial charge in [-0.3, -0.25) is 4.79 Å². The van der Waals surface area contributed by atoms with E-state index in [0.717, 1.165) is 41.3 Å². The van der Waals surface area contributed by atoms with E-state index in [0.29, 0.717) is 18.8 Å². The predicted molar refractivity (Wildman–Crippen MR) is 110 cm³/mol. The van der Waals surface area contributed by atoms with Crippen molar-refractivity contribution in [3.63, 3.8) is 0 Å². The summed E-state index contributed by atoms with van der Waals surface area (Å²) < 4.78 is 11.6. The van der Waals surface area contributed by atoms with Crippen molar-refractivity contribution in [2.75, 3.05) is 13.2 Å². The minimum absolute atomic E-state index is 0.120. The molecule has 0 saturated carbocycles. The minimum atomic E-state index is -0.166. The molecule has 1 saturated heterocycles. The fraction of sp³-hybridized carbons (Fsp3) is 0.273. The van der Waals surface area contributed by atoms with Crippen molar-refractivity contribution in [1.82, 2.24) is 10.3 Å². The van der Waals surface area contributed by atoms with E-state index < -0.39 is 0 Å². The van der Waals surface area contributed by atoms with Gasteiger partial charge in [0.25, 0.3) is 5.91 Å². The van der Waals surface area contributed by atoms with E-state index in [4.69, 9.17) is 9.47 Å². The third-order valence-electron chi connectivity index (χ3n) is 4.61. The number of aromatic nitrogens is 1. The monoisotopic (exact) mass is 394 g/mol. The Morgan fingerprint density at radius 2 is 2.00 bits per heavy atom. The summed E-state index contributed by atoms with van der Waals surface area (Å²) >= 11 is 1.44. The van der Waals surface area contributed by atoms with Crippen molar-refractivity contribution in [1.29, 1.82) is 0 Å². The number of carbonyl (C=O) groups excluding carboxylic acids is 1. The average Bonchev–Trinajstić information content (AvgIpc) is 3.44. The zero-order valence-corrected chi connectivity index (χ0v) is 16.3. The maximum absolute atomic E-state index is 12.4. The van der Waals surface area contributed by atoms with E-state index in [-0.39, 0.29) is 12.0 Å². The second-order valence-corrected chi connectivity index (χ2v) is 7.51. The van der Waals surface area contributed by atoms with E-state index >= 15 is 0 Å². The molecule has 1 atom stereocenters. The summed E-state index contributed by atoms with van der Waals surface area (Å²) in [4.78, 5) is 16.9. The molecule has 1 aromatic heterocycles. The molecule has 2 aromatic carbocycles. The molecular formula is C22H22N2O3S. The summed E-state index contributed by atoms with van der Waals surface area (Å²) in [7, 11) is 0. The van der Waals surface area contributed by atoms with Crippen molar-refractivity contribution < 1.29 is 14.3 Å². The van der Waals surface area contributed by atoms with Gasteiger partial charge in [-0.2, -0.15) is 0 Å². The number of amides is 1. The van der Waals surface area contributed by atoms with Gasteiger partial charge in [-0.05, 0) is 30.5 Å². The zero-order chi connectivity index (χ0) is 19.2. The molecule has 0 unspecified atom stereocenters. The number of ether oxygens (including phenoxy) is 2. The third kappa shape index (κ3) is 4.58. The molecule has 5 nitrogen and oxygen atoms in total. The van der Waals surface area contributed by atoms with Gasteiger partial charge in [-0.1, -0.05) is 42.5 Å². The number of hydrogen-bond acceptors (Lipinski definition) is 5. The van der Waals surface area contributed by atoms with Gasteiger partial charge in [0, 0.05) is 18.5 Å². The number of para-hydroxylation sites is 1. The van der Waals surface area contributed by atoms with Crippen LogP contribution in [0.4, 0.5) is 0 Å². The second-order valence-electron chi connectivity index (χ2n) is 6.65. The average molecular weight is 394 g/mol. The Morgan fingerprint density at radius 1 is 1.18 bits per heavy atom. The standard InChI is InChI=1S/C22H22N2O3S/c25-21(23-13-17-9-6-12-26-17)19-15-28-22(24-19)18-10-4-5-11-20(18)27-14-16-7-2-1-3-8-16/h1-5,7-8,10-11,15,17H,6,9,12-14H2,(H,23,25)/t17-/m1/s1. The van der Waals surface area contributed by atoms with Crippen LogP contribution in [0.5, 0.6) is 5.75 Å². The van der Waals surface area contributed by atoms with Gasteiger partial charge in [-0.15, -0.1) is 11.3 Å². The van der Waals surface area contributed by atoms with Gasteiger partial charge >= 0.3 is 0 Å². The highest BCUT2D eigenvalue weighted by Crippen LogP contribution is 2.32. The minimum Gasteiger partial charge on any atom is -0.488 e. The molecule has 28 heavy (non-hydrogen) atoms. The van der Waals surface area contributed by atoms with Crippen LogP contribution in [0, 0.1) is 0 Å². The van der Waals surface area contributed by atoms with Crippen LogP contribution in [0.25, 0.3) is 10.6 Å². The van der Waals surface area contributed by atoms with Crippen LogP contribution in [-0.2, 0) is 11.3 Å². The smallest absolute Gasteiger partial charge is 0.270 e. The summed E-state index contributed by atoms with van der Waals surface area (Å²) in [5, 5.41) is 5.47. The molecule has 3 aromatic rings. The molecule has 0 radical (unpaired) electrons. The van der Waals surface area contributed by atoms with E-state index in [9.17, 15) is 4.79 Å². The number of nitrogens with zero attached hydrogens (tertiary/aromatic N) is 1. The third-order valence-corrected chi connectivity index (χ3v) is 5.48. The van der Waals surface area contributed by atoms with Crippen molar-refractivity contribution in [3.05, 3.63) is 71.2 Å². The Kier molecular flexibility index (Phi) is 5.99. The largest absolute Gasteiger partial charge is 0.488 e. The van der Waals surface area contributed by atoms with Gasteiger partial charge in [0.15, 0.2) is 0 Å². The molecule has 1 N–H and O–H groups in total. The van der Waals surface area contributed by atoms with Crippen molar-refractivity contribution >= 4 is 17.2 Å². The first-order valence-electron chi connectivity index (χ1n) is 9.41. The van der Waals surface area contributed by atoms with Crippen molar-refractivity contribution in [2.24, 2.45) is 0 Å². The van der Waals surface area contributed by atoms with Crippen LogP contribution >= 0.6 is 11.3 Å². The second kappa shape index (κ2) is 8.99. The van der Waals surface area contributed by atoms with Crippen LogP contribution in [-0.4, -0.2) is 30.1 Å². The Hall–Kier alpha value is -2.70. The summed E-state index contributed by atoms with van der Waals surface area (Å²) in [5.74, 6) is 0.590. The van der Waals surface area contributed by atoms with Crippen molar-refractivity contribution in [3.8, 4) is 16.3 Å². The highest BCUT2D eigenvalue weighted by atomic mass is 32.1. The molecule has 0 bridgehead atoms. The SMILES string of the molecule is O=C(NC[C@H]1CCCO1)c1csc(-c2ccccc2OCc2ccccc2)n1. The molecule has 1 aliphatic heterocycles. The predicted octanol–water partition coefficient (Wildman–Crippen LogP) is 4.30. The fourth-order valence-electron chi connectivity index (χ4n) is 3.11. The van der Waals surface area contributed by atoms with E-state index in [2.05, 4.69) is 10.3 Å². The van der Waals surface area contributed by atoms with Gasteiger partial charge in [-0.25, -0.2) is 4.98 Å². The first-order valence-corrected chi connectivity index (χ1v) is 10.3. The summed E-state index contributed by atoms with van der Waals surface area (Å²) in [6.07, 6.45) is 2.17. The number of carbonyl (C=O) groups is 1. The summed E-state index contributed by atoms with van der Waals surface area (Å²) in [5.41, 5.74) is 2.42. The Morgan fingerprint density at radius 3 is 2.82 bits per heavy atom. The lowest BCUT2D eigenvalue weighted by Crippen LogP contribution is -2.31. The molecule has 4 rings (SSSR count). The molecule has 2 heterocycles. The van der Waals surface area contributed by atoms with Crippen LogP contribution < -0.4 is 10.1 Å². The maximum atomic E-state index is 12.4. The summed E-state index contributed by atoms with van der Waals surface area (Å²) in [6.45, 7) is 1.79. The zero-order valence-electron chi connectivity index (χ0n) is 15.5. The number of rotatable bonds is 7. The van der Waals surface area contributed by atoms with E-state index in [1.165, 1.54) is 11.3 Å². The lowest BCUT2D eigenvalue weighted by molar-refractivity contribution is 0.0854. The van der Waals surface area contributed by atoms with Gasteiger partial charge in [0.05, 0.1) is 11.7 Å². The first kappa shape index (κ1) is 18.7. The van der Waals surface area contributed by atoms with Crippen LogP contribution in [0.1, 0.15) is 28.9 Å². The fourth-order valence-corrected chi connectivity index (χ4v) is 3.94. The Bertz CT molecular complexity index is 920. The summed E-state index contributed by atoms with van der Waals surface area (Å²) in [6, 6.07) is 17.8. The molecule has 6 heteroatoms. The van der Waals surface area contributed by atoms with Gasteiger partial charge < -0.3 is 14.8 Å².